The molecule has 0 aromatic heterocycles. The predicted molar refractivity (Wildman–Crippen MR) is 100 cm³/mol. The first-order valence-corrected chi connectivity index (χ1v) is 9.77. The summed E-state index contributed by atoms with van der Waals surface area (Å²) in [6, 6.07) is 5.59. The Morgan fingerprint density at radius 1 is 1.20 bits per heavy atom. The molecule has 30 heavy (non-hydrogen) atoms. The molecule has 1 N–H and O–H groups in total. The number of piperazine rings is 1. The van der Waals surface area contributed by atoms with Crippen LogP contribution in [0.3, 0.4) is 0 Å². The summed E-state index contributed by atoms with van der Waals surface area (Å²) in [7, 11) is 0. The lowest BCUT2D eigenvalue weighted by atomic mass is 10.1. The van der Waals surface area contributed by atoms with Crippen LogP contribution in [0.2, 0.25) is 0 Å². The minimum absolute atomic E-state index is 0.241. The first-order chi connectivity index (χ1) is 14.0. The van der Waals surface area contributed by atoms with Gasteiger partial charge in [-0.05, 0) is 19.4 Å². The lowest BCUT2D eigenvalue weighted by molar-refractivity contribution is -0.200. The van der Waals surface area contributed by atoms with Gasteiger partial charge in [-0.15, -0.1) is 0 Å². The highest BCUT2D eigenvalue weighted by molar-refractivity contribution is 5.81. The van der Waals surface area contributed by atoms with E-state index >= 15 is 0 Å². The van der Waals surface area contributed by atoms with Crippen LogP contribution in [0.1, 0.15) is 30.9 Å². The van der Waals surface area contributed by atoms with Gasteiger partial charge in [-0.25, -0.2) is 9.59 Å². The van der Waals surface area contributed by atoms with Gasteiger partial charge in [0.05, 0.1) is 0 Å². The van der Waals surface area contributed by atoms with Gasteiger partial charge >= 0.3 is 18.2 Å². The monoisotopic (exact) mass is 430 g/mol. The molecule has 1 saturated heterocycles. The lowest BCUT2D eigenvalue weighted by Crippen LogP contribution is -2.49. The van der Waals surface area contributed by atoms with Crippen LogP contribution in [0, 0.1) is 6.92 Å². The van der Waals surface area contributed by atoms with Crippen LogP contribution >= 0.6 is 0 Å². The van der Waals surface area contributed by atoms with Crippen molar-refractivity contribution >= 4 is 12.1 Å². The number of hydrogen-bond donors (Lipinski definition) is 1. The van der Waals surface area contributed by atoms with Crippen molar-refractivity contribution in [3.8, 4) is 5.75 Å². The van der Waals surface area contributed by atoms with Crippen LogP contribution < -0.4 is 4.74 Å². The average Bonchev–Trinajstić information content (AvgIpc) is 3.45. The van der Waals surface area contributed by atoms with E-state index in [1.54, 1.807) is 0 Å². The fourth-order valence-electron chi connectivity index (χ4n) is 3.27. The minimum atomic E-state index is -4.59. The Morgan fingerprint density at radius 3 is 2.37 bits per heavy atom. The van der Waals surface area contributed by atoms with E-state index in [1.165, 1.54) is 4.90 Å². The molecule has 1 aliphatic heterocycles. The molecule has 0 spiro atoms. The molecule has 1 aliphatic carbocycles. The SMILES string of the molecule is Cc1cccc(CN2CCN(C(=O)OC(C)C(F)(F)F)CC2)c1OC1(C(=O)O)CC1. The average molecular weight is 430 g/mol. The van der Waals surface area contributed by atoms with Gasteiger partial charge in [0.1, 0.15) is 5.75 Å². The molecular formula is C20H25F3N2O5. The molecule has 166 valence electrons. The number of amides is 1. The second kappa shape index (κ2) is 8.33. The lowest BCUT2D eigenvalue weighted by Gasteiger charge is -2.35. The highest BCUT2D eigenvalue weighted by Crippen LogP contribution is 2.42. The molecule has 1 saturated carbocycles. The molecule has 2 aliphatic rings. The third-order valence-electron chi connectivity index (χ3n) is 5.45. The number of halogens is 3. The zero-order chi connectivity index (χ0) is 22.1. The van der Waals surface area contributed by atoms with Crippen LogP contribution in [-0.2, 0) is 16.1 Å². The third-order valence-corrected chi connectivity index (χ3v) is 5.45. The van der Waals surface area contributed by atoms with E-state index in [2.05, 4.69) is 4.74 Å². The Bertz CT molecular complexity index is 802. The number of aliphatic carboxylic acids is 1. The Hall–Kier alpha value is -2.49. The maximum absolute atomic E-state index is 12.6. The van der Waals surface area contributed by atoms with Gasteiger partial charge in [0.15, 0.2) is 6.10 Å². The summed E-state index contributed by atoms with van der Waals surface area (Å²) in [5.41, 5.74) is 0.519. The van der Waals surface area contributed by atoms with Gasteiger partial charge < -0.3 is 19.5 Å². The molecule has 1 heterocycles. The maximum Gasteiger partial charge on any atom is 0.425 e. The van der Waals surface area contributed by atoms with Crippen molar-refractivity contribution in [2.45, 2.75) is 51.1 Å². The number of carboxylic acids is 1. The van der Waals surface area contributed by atoms with Gasteiger partial charge in [0.25, 0.3) is 0 Å². The van der Waals surface area contributed by atoms with Crippen LogP contribution in [0.4, 0.5) is 18.0 Å². The first-order valence-electron chi connectivity index (χ1n) is 9.77. The van der Waals surface area contributed by atoms with Gasteiger partial charge in [0.2, 0.25) is 5.60 Å². The molecule has 7 nitrogen and oxygen atoms in total. The highest BCUT2D eigenvalue weighted by atomic mass is 19.4. The Morgan fingerprint density at radius 2 is 1.83 bits per heavy atom. The Kier molecular flexibility index (Phi) is 6.16. The van der Waals surface area contributed by atoms with Crippen LogP contribution in [-0.4, -0.2) is 71.0 Å². The Balaban J connectivity index is 1.59. The van der Waals surface area contributed by atoms with E-state index in [-0.39, 0.29) is 13.1 Å². The smallest absolute Gasteiger partial charge is 0.425 e. The fourth-order valence-corrected chi connectivity index (χ4v) is 3.27. The van der Waals surface area contributed by atoms with Gasteiger partial charge in [0, 0.05) is 51.1 Å². The normalized spacial score (nSPS) is 19.8. The van der Waals surface area contributed by atoms with Crippen molar-refractivity contribution in [1.29, 1.82) is 0 Å². The topological polar surface area (TPSA) is 79.3 Å². The number of alkyl halides is 3. The molecule has 1 aromatic carbocycles. The molecule has 10 heteroatoms. The number of para-hydroxylation sites is 1. The van der Waals surface area contributed by atoms with Gasteiger partial charge in [-0.2, -0.15) is 13.2 Å². The van der Waals surface area contributed by atoms with E-state index in [4.69, 9.17) is 4.74 Å². The second-order valence-electron chi connectivity index (χ2n) is 7.80. The molecule has 1 amide bonds. The zero-order valence-corrected chi connectivity index (χ0v) is 16.9. The van der Waals surface area contributed by atoms with E-state index in [0.717, 1.165) is 18.1 Å². The second-order valence-corrected chi connectivity index (χ2v) is 7.80. The summed E-state index contributed by atoms with van der Waals surface area (Å²) in [4.78, 5) is 26.7. The summed E-state index contributed by atoms with van der Waals surface area (Å²) in [6.45, 7) is 4.52. The number of rotatable bonds is 6. The van der Waals surface area contributed by atoms with E-state index < -0.39 is 29.9 Å². The van der Waals surface area contributed by atoms with Crippen LogP contribution in [0.25, 0.3) is 0 Å². The third kappa shape index (κ3) is 4.97. The van der Waals surface area contributed by atoms with Crippen molar-refractivity contribution < 1.29 is 37.3 Å². The van der Waals surface area contributed by atoms with E-state index in [0.29, 0.717) is 38.2 Å². The summed E-state index contributed by atoms with van der Waals surface area (Å²) in [5, 5.41) is 9.41. The van der Waals surface area contributed by atoms with Crippen molar-refractivity contribution in [2.24, 2.45) is 0 Å². The van der Waals surface area contributed by atoms with Crippen molar-refractivity contribution in [2.75, 3.05) is 26.2 Å². The molecule has 2 fully saturated rings. The van der Waals surface area contributed by atoms with Gasteiger partial charge in [-0.3, -0.25) is 4.90 Å². The molecular weight excluding hydrogens is 405 g/mol. The minimum Gasteiger partial charge on any atom is -0.478 e. The van der Waals surface area contributed by atoms with Gasteiger partial charge in [-0.1, -0.05) is 18.2 Å². The molecule has 1 unspecified atom stereocenters. The van der Waals surface area contributed by atoms with Crippen LogP contribution in [0.15, 0.2) is 18.2 Å². The summed E-state index contributed by atoms with van der Waals surface area (Å²) >= 11 is 0. The molecule has 3 rings (SSSR count). The van der Waals surface area contributed by atoms with E-state index in [9.17, 15) is 27.9 Å². The number of benzene rings is 1. The number of hydrogen-bond acceptors (Lipinski definition) is 5. The standard InChI is InChI=1S/C20H25F3N2O5/c1-13-4-3-5-15(16(13)30-19(6-7-19)17(26)27)12-24-8-10-25(11-9-24)18(28)29-14(2)20(21,22)23/h3-5,14H,6-12H2,1-2H3,(H,26,27). The number of carbonyl (C=O) groups excluding carboxylic acids is 1. The van der Waals surface area contributed by atoms with Crippen molar-refractivity contribution in [3.63, 3.8) is 0 Å². The van der Waals surface area contributed by atoms with Crippen molar-refractivity contribution in [1.82, 2.24) is 9.80 Å². The molecule has 0 radical (unpaired) electrons. The molecule has 1 aromatic rings. The highest BCUT2D eigenvalue weighted by Gasteiger charge is 2.54. The predicted octanol–water partition coefficient (Wildman–Crippen LogP) is 3.20. The molecule has 0 bridgehead atoms. The van der Waals surface area contributed by atoms with Crippen LogP contribution in [0.5, 0.6) is 5.75 Å². The zero-order valence-electron chi connectivity index (χ0n) is 16.9. The quantitative estimate of drug-likeness (QED) is 0.747. The number of ether oxygens (including phenoxy) is 2. The Labute approximate surface area is 172 Å². The van der Waals surface area contributed by atoms with Crippen molar-refractivity contribution in [3.05, 3.63) is 29.3 Å². The van der Waals surface area contributed by atoms with E-state index in [1.807, 2.05) is 30.0 Å². The first kappa shape index (κ1) is 22.2. The number of carbonyl (C=O) groups is 2. The summed E-state index contributed by atoms with van der Waals surface area (Å²) in [5.74, 6) is -0.421. The summed E-state index contributed by atoms with van der Waals surface area (Å²) < 4.78 is 48.1. The largest absolute Gasteiger partial charge is 0.478 e. The number of carboxylic acid groups (broad SMARTS) is 1. The number of nitrogens with zero attached hydrogens (tertiary/aromatic N) is 2. The fraction of sp³-hybridized carbons (Fsp3) is 0.600. The number of aryl methyl sites for hydroxylation is 1. The summed E-state index contributed by atoms with van der Waals surface area (Å²) in [6.07, 6.45) is -6.79. The molecule has 1 atom stereocenters. The maximum atomic E-state index is 12.6.